The van der Waals surface area contributed by atoms with Crippen LogP contribution in [0.5, 0.6) is 5.75 Å². The fourth-order valence-electron chi connectivity index (χ4n) is 2.00. The van der Waals surface area contributed by atoms with Crippen LogP contribution in [-0.2, 0) is 6.54 Å². The number of nitrogens with zero attached hydrogens (tertiary/aromatic N) is 1. The Hall–Kier alpha value is -2.14. The normalized spacial score (nSPS) is 10.1. The Morgan fingerprint density at radius 2 is 1.95 bits per heavy atom. The van der Waals surface area contributed by atoms with E-state index in [0.29, 0.717) is 18.3 Å². The summed E-state index contributed by atoms with van der Waals surface area (Å²) in [5, 5.41) is 3.73. The highest BCUT2D eigenvalue weighted by Crippen LogP contribution is 2.16. The molecule has 0 aliphatic heterocycles. The van der Waals surface area contributed by atoms with Gasteiger partial charge in [-0.05, 0) is 61.1 Å². The number of hydrogen-bond acceptors (Lipinski definition) is 2. The maximum Gasteiger partial charge on any atom is 0.173 e. The Kier molecular flexibility index (Phi) is 5.72. The maximum atomic E-state index is 13.2. The zero-order chi connectivity index (χ0) is 15.9. The minimum Gasteiger partial charge on any atom is -0.494 e. The van der Waals surface area contributed by atoms with E-state index in [2.05, 4.69) is 5.32 Å². The second kappa shape index (κ2) is 7.75. The van der Waals surface area contributed by atoms with Gasteiger partial charge in [-0.25, -0.2) is 4.39 Å². The Morgan fingerprint density at radius 3 is 2.59 bits per heavy atom. The Balaban J connectivity index is 1.93. The summed E-state index contributed by atoms with van der Waals surface area (Å²) in [5.41, 5.74) is 1.76. The monoisotopic (exact) mass is 318 g/mol. The summed E-state index contributed by atoms with van der Waals surface area (Å²) in [5.74, 6) is 0.586. The van der Waals surface area contributed by atoms with Crippen LogP contribution in [0.1, 0.15) is 12.5 Å². The molecule has 0 aromatic heterocycles. The molecule has 0 spiro atoms. The summed E-state index contributed by atoms with van der Waals surface area (Å²) in [7, 11) is 1.87. The number of halogens is 1. The van der Waals surface area contributed by atoms with Crippen LogP contribution in [0, 0.1) is 5.82 Å². The average molecular weight is 318 g/mol. The lowest BCUT2D eigenvalue weighted by molar-refractivity contribution is 0.340. The summed E-state index contributed by atoms with van der Waals surface area (Å²) in [6.45, 7) is 3.13. The van der Waals surface area contributed by atoms with Crippen molar-refractivity contribution in [2.75, 3.05) is 19.0 Å². The summed E-state index contributed by atoms with van der Waals surface area (Å²) in [6.07, 6.45) is 0. The van der Waals surface area contributed by atoms with Crippen molar-refractivity contribution in [1.29, 1.82) is 0 Å². The SMILES string of the molecule is CCOc1ccc(NC(=S)N(C)Cc2cccc(F)c2)cc1. The third kappa shape index (κ3) is 4.70. The quantitative estimate of drug-likeness (QED) is 0.841. The van der Waals surface area contributed by atoms with Crippen LogP contribution < -0.4 is 10.1 Å². The van der Waals surface area contributed by atoms with E-state index in [9.17, 15) is 4.39 Å². The highest BCUT2D eigenvalue weighted by molar-refractivity contribution is 7.80. The first-order valence-electron chi connectivity index (χ1n) is 7.08. The van der Waals surface area contributed by atoms with Gasteiger partial charge in [0.05, 0.1) is 6.61 Å². The second-order valence-electron chi connectivity index (χ2n) is 4.87. The number of nitrogens with one attached hydrogen (secondary N) is 1. The molecule has 0 aliphatic rings. The van der Waals surface area contributed by atoms with Crippen molar-refractivity contribution in [3.8, 4) is 5.75 Å². The summed E-state index contributed by atoms with van der Waals surface area (Å²) in [6, 6.07) is 14.1. The molecule has 2 rings (SSSR count). The van der Waals surface area contributed by atoms with E-state index in [1.165, 1.54) is 12.1 Å². The van der Waals surface area contributed by atoms with Gasteiger partial charge in [0, 0.05) is 19.3 Å². The molecule has 0 saturated carbocycles. The van der Waals surface area contributed by atoms with E-state index in [0.717, 1.165) is 17.0 Å². The zero-order valence-electron chi connectivity index (χ0n) is 12.7. The largest absolute Gasteiger partial charge is 0.494 e. The van der Waals surface area contributed by atoms with Gasteiger partial charge in [0.2, 0.25) is 0 Å². The predicted octanol–water partition coefficient (Wildman–Crippen LogP) is 4.05. The molecular formula is C17H19FN2OS. The zero-order valence-corrected chi connectivity index (χ0v) is 13.5. The van der Waals surface area contributed by atoms with Gasteiger partial charge in [0.25, 0.3) is 0 Å². The maximum absolute atomic E-state index is 13.2. The van der Waals surface area contributed by atoms with E-state index in [1.54, 1.807) is 6.07 Å². The smallest absolute Gasteiger partial charge is 0.173 e. The van der Waals surface area contributed by atoms with Crippen molar-refractivity contribution < 1.29 is 9.13 Å². The molecule has 2 aromatic rings. The number of thiocarbonyl (C=S) groups is 1. The standard InChI is InChI=1S/C17H19FN2OS/c1-3-21-16-9-7-15(8-10-16)19-17(22)20(2)12-13-5-4-6-14(18)11-13/h4-11H,3,12H2,1-2H3,(H,19,22). The van der Waals surface area contributed by atoms with Crippen LogP contribution in [0.25, 0.3) is 0 Å². The number of rotatable bonds is 5. The Labute approximate surface area is 135 Å². The molecule has 0 fully saturated rings. The molecule has 0 saturated heterocycles. The topological polar surface area (TPSA) is 24.5 Å². The molecular weight excluding hydrogens is 299 g/mol. The Bertz CT molecular complexity index is 631. The van der Waals surface area contributed by atoms with E-state index < -0.39 is 0 Å². The van der Waals surface area contributed by atoms with Crippen molar-refractivity contribution in [3.05, 3.63) is 59.9 Å². The lowest BCUT2D eigenvalue weighted by atomic mass is 10.2. The van der Waals surface area contributed by atoms with Gasteiger partial charge < -0.3 is 15.0 Å². The van der Waals surface area contributed by atoms with Gasteiger partial charge in [-0.3, -0.25) is 0 Å². The Morgan fingerprint density at radius 1 is 1.23 bits per heavy atom. The first kappa shape index (κ1) is 16.2. The number of anilines is 1. The summed E-state index contributed by atoms with van der Waals surface area (Å²) in [4.78, 5) is 1.86. The number of hydrogen-bond donors (Lipinski definition) is 1. The van der Waals surface area contributed by atoms with Gasteiger partial charge in [-0.2, -0.15) is 0 Å². The van der Waals surface area contributed by atoms with Gasteiger partial charge in [0.1, 0.15) is 11.6 Å². The van der Waals surface area contributed by atoms with Gasteiger partial charge in [0.15, 0.2) is 5.11 Å². The van der Waals surface area contributed by atoms with Crippen LogP contribution in [0.3, 0.4) is 0 Å². The third-order valence-electron chi connectivity index (χ3n) is 3.07. The molecule has 0 bridgehead atoms. The first-order valence-corrected chi connectivity index (χ1v) is 7.48. The number of benzene rings is 2. The molecule has 1 N–H and O–H groups in total. The number of ether oxygens (including phenoxy) is 1. The van der Waals surface area contributed by atoms with Crippen LogP contribution in [0.4, 0.5) is 10.1 Å². The van der Waals surface area contributed by atoms with Crippen LogP contribution >= 0.6 is 12.2 Å². The lowest BCUT2D eigenvalue weighted by Crippen LogP contribution is -2.30. The van der Waals surface area contributed by atoms with E-state index in [1.807, 2.05) is 49.2 Å². The van der Waals surface area contributed by atoms with Crippen LogP contribution in [-0.4, -0.2) is 23.7 Å². The van der Waals surface area contributed by atoms with Gasteiger partial charge >= 0.3 is 0 Å². The minimum atomic E-state index is -0.240. The van der Waals surface area contributed by atoms with E-state index in [4.69, 9.17) is 17.0 Å². The second-order valence-corrected chi connectivity index (χ2v) is 5.26. The fraction of sp³-hybridized carbons (Fsp3) is 0.235. The van der Waals surface area contributed by atoms with Gasteiger partial charge in [-0.15, -0.1) is 0 Å². The van der Waals surface area contributed by atoms with E-state index in [-0.39, 0.29) is 5.82 Å². The molecule has 5 heteroatoms. The molecule has 116 valence electrons. The fourth-order valence-corrected chi connectivity index (χ4v) is 2.18. The molecule has 0 radical (unpaired) electrons. The minimum absolute atomic E-state index is 0.240. The molecule has 0 aliphatic carbocycles. The molecule has 0 unspecified atom stereocenters. The van der Waals surface area contributed by atoms with Crippen molar-refractivity contribution in [3.63, 3.8) is 0 Å². The molecule has 2 aromatic carbocycles. The van der Waals surface area contributed by atoms with Crippen molar-refractivity contribution in [2.24, 2.45) is 0 Å². The molecule has 0 heterocycles. The van der Waals surface area contributed by atoms with Crippen molar-refractivity contribution in [1.82, 2.24) is 4.90 Å². The molecule has 22 heavy (non-hydrogen) atoms. The lowest BCUT2D eigenvalue weighted by Gasteiger charge is -2.21. The first-order chi connectivity index (χ1) is 10.6. The van der Waals surface area contributed by atoms with Crippen LogP contribution in [0.2, 0.25) is 0 Å². The molecule has 3 nitrogen and oxygen atoms in total. The molecule has 0 amide bonds. The van der Waals surface area contributed by atoms with Crippen molar-refractivity contribution in [2.45, 2.75) is 13.5 Å². The highest BCUT2D eigenvalue weighted by atomic mass is 32.1. The van der Waals surface area contributed by atoms with Crippen molar-refractivity contribution >= 4 is 23.0 Å². The van der Waals surface area contributed by atoms with Gasteiger partial charge in [-0.1, -0.05) is 12.1 Å². The van der Waals surface area contributed by atoms with E-state index >= 15 is 0 Å². The third-order valence-corrected chi connectivity index (χ3v) is 3.49. The predicted molar refractivity (Wildman–Crippen MR) is 91.7 cm³/mol. The molecule has 0 atom stereocenters. The summed E-state index contributed by atoms with van der Waals surface area (Å²) < 4.78 is 18.6. The highest BCUT2D eigenvalue weighted by Gasteiger charge is 2.06. The van der Waals surface area contributed by atoms with Crippen LogP contribution in [0.15, 0.2) is 48.5 Å². The summed E-state index contributed by atoms with van der Waals surface area (Å²) >= 11 is 5.36. The average Bonchev–Trinajstić information content (AvgIpc) is 2.49.